The predicted octanol–water partition coefficient (Wildman–Crippen LogP) is 8.78. The molecule has 0 radical (unpaired) electrons. The minimum atomic E-state index is -4.53. The lowest BCUT2D eigenvalue weighted by atomic mass is 9.75. The number of halogens is 1. The Hall–Kier alpha value is -2.96. The van der Waals surface area contributed by atoms with Gasteiger partial charge in [0, 0.05) is 52.2 Å². The Morgan fingerprint density at radius 1 is 0.961 bits per heavy atom. The number of anilines is 1. The third kappa shape index (κ3) is 6.30. The summed E-state index contributed by atoms with van der Waals surface area (Å²) in [6, 6.07) is 19.4. The maximum absolute atomic E-state index is 11.7. The molecule has 0 bridgehead atoms. The summed E-state index contributed by atoms with van der Waals surface area (Å²) in [5.74, 6) is 0.327. The second-order valence-corrected chi connectivity index (χ2v) is 18.0. The predicted molar refractivity (Wildman–Crippen MR) is 202 cm³/mol. The zero-order valence-corrected chi connectivity index (χ0v) is 32.3. The lowest BCUT2D eigenvalue weighted by Gasteiger charge is -2.34. The Kier molecular flexibility index (Phi) is 9.61. The van der Waals surface area contributed by atoms with Gasteiger partial charge < -0.3 is 14.7 Å². The fourth-order valence-electron chi connectivity index (χ4n) is 9.56. The molecule has 4 aromatic rings. The molecule has 270 valence electrons. The van der Waals surface area contributed by atoms with E-state index in [4.69, 9.17) is 11.6 Å². The summed E-state index contributed by atoms with van der Waals surface area (Å²) in [5.41, 5.74) is 7.28. The number of nitrogens with zero attached hydrogens (tertiary/aromatic N) is 2. The largest absolute Gasteiger partial charge is 0.744 e. The zero-order chi connectivity index (χ0) is 36.5. The van der Waals surface area contributed by atoms with Crippen molar-refractivity contribution < 1.29 is 32.2 Å². The van der Waals surface area contributed by atoms with Crippen LogP contribution >= 0.6 is 23.6 Å². The molecule has 51 heavy (non-hydrogen) atoms. The second-order valence-electron chi connectivity index (χ2n) is 15.5. The van der Waals surface area contributed by atoms with Gasteiger partial charge in [0.25, 0.3) is 0 Å². The molecule has 0 spiro atoms. The molecule has 2 aliphatic heterocycles. The van der Waals surface area contributed by atoms with Gasteiger partial charge in [0.1, 0.15) is 17.2 Å². The van der Waals surface area contributed by atoms with Crippen LogP contribution in [0.1, 0.15) is 83.8 Å². The van der Waals surface area contributed by atoms with Gasteiger partial charge in [-0.15, -0.1) is 0 Å². The van der Waals surface area contributed by atoms with Gasteiger partial charge >= 0.3 is 0 Å². The Morgan fingerprint density at radius 2 is 1.67 bits per heavy atom. The number of hydrogen-bond donors (Lipinski definition) is 0. The van der Waals surface area contributed by atoms with Crippen LogP contribution in [0.15, 0.2) is 81.1 Å². The van der Waals surface area contributed by atoms with Crippen LogP contribution in [0.2, 0.25) is 0 Å². The average Bonchev–Trinajstić information content (AvgIpc) is 3.41. The minimum absolute atomic E-state index is 0.170. The third-order valence-electron chi connectivity index (χ3n) is 12.0. The average molecular weight is 748 g/mol. The lowest BCUT2D eigenvalue weighted by molar-refractivity contribution is -0.777. The summed E-state index contributed by atoms with van der Waals surface area (Å²) in [7, 11) is -0.205. The van der Waals surface area contributed by atoms with Crippen LogP contribution in [0.5, 0.6) is 0 Å². The summed E-state index contributed by atoms with van der Waals surface area (Å²) >= 11 is 8.21. The van der Waals surface area contributed by atoms with Gasteiger partial charge in [-0.2, -0.15) is 4.33 Å². The van der Waals surface area contributed by atoms with E-state index in [1.807, 2.05) is 18.2 Å². The van der Waals surface area contributed by atoms with Gasteiger partial charge in [0.15, 0.2) is 5.71 Å². The molecule has 0 fully saturated rings. The number of likely N-dealkylation sites (N-methyl/N-ethyl adjacent to an activating group) is 1. The molecule has 11 heteroatoms. The van der Waals surface area contributed by atoms with Crippen LogP contribution in [-0.4, -0.2) is 43.4 Å². The van der Waals surface area contributed by atoms with E-state index in [9.17, 15) is 18.2 Å². The Bertz CT molecular complexity index is 2230. The normalized spacial score (nSPS) is 21.2. The maximum atomic E-state index is 11.7. The molecule has 0 aromatic heterocycles. The monoisotopic (exact) mass is 747 g/mol. The van der Waals surface area contributed by atoms with E-state index in [1.165, 1.54) is 45.6 Å². The fraction of sp³-hybridized carbons (Fsp3) is 0.425. The molecular weight excluding hydrogens is 704 g/mol. The Morgan fingerprint density at radius 3 is 2.41 bits per heavy atom. The van der Waals surface area contributed by atoms with Crippen molar-refractivity contribution in [3.8, 4) is 0 Å². The second kappa shape index (κ2) is 13.5. The van der Waals surface area contributed by atoms with Crippen molar-refractivity contribution in [3.05, 3.63) is 82.4 Å². The van der Waals surface area contributed by atoms with Crippen LogP contribution in [0, 0.1) is 5.92 Å². The van der Waals surface area contributed by atoms with Gasteiger partial charge in [-0.3, -0.25) is 5.04 Å². The van der Waals surface area contributed by atoms with E-state index in [0.717, 1.165) is 88.8 Å². The Balaban J connectivity index is 1.07. The number of fused-ring (bicyclic) bond motifs is 6. The van der Waals surface area contributed by atoms with Crippen LogP contribution in [0.3, 0.4) is 0 Å². The highest BCUT2D eigenvalue weighted by atomic mass is 35.5. The fourth-order valence-corrected chi connectivity index (χ4v) is 10.9. The van der Waals surface area contributed by atoms with Gasteiger partial charge in [-0.1, -0.05) is 49.2 Å². The van der Waals surface area contributed by atoms with Crippen LogP contribution in [0.4, 0.5) is 11.4 Å². The van der Waals surface area contributed by atoms with E-state index in [0.29, 0.717) is 5.92 Å². The summed E-state index contributed by atoms with van der Waals surface area (Å²) in [6.07, 6.45) is 7.10. The van der Waals surface area contributed by atoms with Gasteiger partial charge in [-0.25, -0.2) is 13.0 Å². The van der Waals surface area contributed by atoms with Crippen molar-refractivity contribution in [2.75, 3.05) is 19.0 Å². The zero-order valence-electron chi connectivity index (χ0n) is 29.9. The van der Waals surface area contributed by atoms with E-state index >= 15 is 0 Å². The SMILES string of the molecule is CN1c2ccc3cc(S(=O)(=O)[O-])ccc3c2C(C)(C)C1CCC1CCCC(CCC2=[N+](C)c3ccc4cc(SOO[O-])ccc4c3C2(C)C)=C1Cl. The first-order valence-corrected chi connectivity index (χ1v) is 20.1. The molecule has 2 unspecified atom stereocenters. The number of rotatable bonds is 10. The minimum Gasteiger partial charge on any atom is -0.744 e. The van der Waals surface area contributed by atoms with Crippen molar-refractivity contribution in [1.29, 1.82) is 0 Å². The summed E-state index contributed by atoms with van der Waals surface area (Å²) in [6.45, 7) is 9.17. The molecule has 3 aliphatic rings. The highest BCUT2D eigenvalue weighted by Crippen LogP contribution is 2.51. The molecule has 2 heterocycles. The maximum Gasteiger partial charge on any atom is 0.209 e. The Labute approximate surface area is 309 Å². The summed E-state index contributed by atoms with van der Waals surface area (Å²) in [5, 5.41) is 19.0. The van der Waals surface area contributed by atoms with Crippen molar-refractivity contribution in [2.24, 2.45) is 5.92 Å². The van der Waals surface area contributed by atoms with Crippen molar-refractivity contribution in [2.45, 2.75) is 99.3 Å². The van der Waals surface area contributed by atoms with E-state index in [2.05, 4.69) is 84.9 Å². The van der Waals surface area contributed by atoms with E-state index in [-0.39, 0.29) is 21.8 Å². The van der Waals surface area contributed by atoms with Gasteiger partial charge in [-0.05, 0) is 122 Å². The molecule has 4 aromatic carbocycles. The lowest BCUT2D eigenvalue weighted by Crippen LogP contribution is -2.39. The molecule has 0 amide bonds. The van der Waals surface area contributed by atoms with Crippen molar-refractivity contribution in [1.82, 2.24) is 0 Å². The van der Waals surface area contributed by atoms with Gasteiger partial charge in [0.2, 0.25) is 5.69 Å². The van der Waals surface area contributed by atoms with Crippen LogP contribution < -0.4 is 10.2 Å². The number of hydrogen-bond acceptors (Lipinski definition) is 8. The van der Waals surface area contributed by atoms with Crippen LogP contribution in [0.25, 0.3) is 21.5 Å². The topological polar surface area (TPSA) is 105 Å². The highest BCUT2D eigenvalue weighted by molar-refractivity contribution is 7.94. The molecule has 0 saturated carbocycles. The standard InChI is InChI=1S/C40H45ClN2O6S2/c1-39(2)34(42(5)32-18-10-26-22-28(50-49-48-44)14-16-30(26)36(32)39)20-12-24-8-7-9-25(38(24)41)13-21-35-40(3,4)37-31-17-15-29(51(45,46)47)23-27(31)11-19-33(37)43(35)6/h10-11,14-19,22-23,25,35H,7-9,12-13,20-21H2,1-6H3,(H-,44,45,46,47)/p-1. The quantitative estimate of drug-likeness (QED) is 0.0522. The third-order valence-corrected chi connectivity index (χ3v) is 14.0. The smallest absolute Gasteiger partial charge is 0.209 e. The molecule has 1 aliphatic carbocycles. The molecule has 0 N–H and O–H groups in total. The molecule has 7 rings (SSSR count). The molecule has 8 nitrogen and oxygen atoms in total. The highest BCUT2D eigenvalue weighted by Gasteiger charge is 2.46. The first-order valence-electron chi connectivity index (χ1n) is 17.6. The molecule has 0 saturated heterocycles. The van der Waals surface area contributed by atoms with Crippen LogP contribution in [-0.2, 0) is 30.3 Å². The summed E-state index contributed by atoms with van der Waals surface area (Å²) in [4.78, 5) is 2.98. The first-order chi connectivity index (χ1) is 24.1. The molecular formula is C40H44ClN2O6S2-. The van der Waals surface area contributed by atoms with E-state index in [1.54, 1.807) is 6.07 Å². The molecule has 2 atom stereocenters. The number of allylic oxidation sites excluding steroid dienone is 2. The van der Waals surface area contributed by atoms with Crippen molar-refractivity contribution in [3.63, 3.8) is 0 Å². The number of benzene rings is 4. The first kappa shape index (κ1) is 36.4. The van der Waals surface area contributed by atoms with Crippen molar-refractivity contribution >= 4 is 72.4 Å². The summed E-state index contributed by atoms with van der Waals surface area (Å²) < 4.78 is 42.0. The van der Waals surface area contributed by atoms with E-state index < -0.39 is 10.1 Å². The van der Waals surface area contributed by atoms with Gasteiger partial charge in [0.05, 0.1) is 22.4 Å².